The molecule has 0 atom stereocenters. The highest BCUT2D eigenvalue weighted by Gasteiger charge is 2.03. The first kappa shape index (κ1) is 15.4. The van der Waals surface area contributed by atoms with Gasteiger partial charge in [-0.15, -0.1) is 0 Å². The number of hydrogen-bond donors (Lipinski definition) is 0. The van der Waals surface area contributed by atoms with Gasteiger partial charge in [-0.05, 0) is 6.42 Å². The normalized spacial score (nSPS) is 10.6. The predicted molar refractivity (Wildman–Crippen MR) is 64.3 cm³/mol. The Balaban J connectivity index is 3.53. The Morgan fingerprint density at radius 3 is 2.50 bits per heavy atom. The molecule has 0 aromatic rings. The van der Waals surface area contributed by atoms with Gasteiger partial charge < -0.3 is 9.47 Å². The Morgan fingerprint density at radius 1 is 1.12 bits per heavy atom. The van der Waals surface area contributed by atoms with Crippen LogP contribution in [0.15, 0.2) is 0 Å². The third-order valence-corrected chi connectivity index (χ3v) is 2.35. The molecule has 94 valence electrons. The summed E-state index contributed by atoms with van der Waals surface area (Å²) in [7, 11) is 1.69. The number of rotatable bonds is 11. The second-order valence-electron chi connectivity index (χ2n) is 3.71. The van der Waals surface area contributed by atoms with Gasteiger partial charge in [-0.25, -0.2) is 0 Å². The summed E-state index contributed by atoms with van der Waals surface area (Å²) in [5.41, 5.74) is 0. The van der Waals surface area contributed by atoms with Gasteiger partial charge in [0.25, 0.3) is 0 Å². The maximum Gasteiger partial charge on any atom is 0.0635 e. The van der Waals surface area contributed by atoms with E-state index in [0.717, 1.165) is 39.3 Å². The minimum atomic E-state index is 0.568. The van der Waals surface area contributed by atoms with Crippen LogP contribution in [0.25, 0.3) is 0 Å². The molecular formula is C12H24N2O2. The summed E-state index contributed by atoms with van der Waals surface area (Å²) in [5, 5.41) is 8.54. The second kappa shape index (κ2) is 12.4. The van der Waals surface area contributed by atoms with Crippen LogP contribution in [0, 0.1) is 11.3 Å². The van der Waals surface area contributed by atoms with E-state index >= 15 is 0 Å². The molecule has 0 amide bonds. The van der Waals surface area contributed by atoms with Gasteiger partial charge in [0.1, 0.15) is 0 Å². The SMILES string of the molecule is CCCCOCCN(CCC#N)CCOC. The second-order valence-corrected chi connectivity index (χ2v) is 3.71. The van der Waals surface area contributed by atoms with E-state index < -0.39 is 0 Å². The lowest BCUT2D eigenvalue weighted by molar-refractivity contribution is 0.0877. The van der Waals surface area contributed by atoms with Crippen LogP contribution in [0.1, 0.15) is 26.2 Å². The first-order chi connectivity index (χ1) is 7.85. The first-order valence-electron chi connectivity index (χ1n) is 6.01. The van der Waals surface area contributed by atoms with Crippen molar-refractivity contribution in [2.45, 2.75) is 26.2 Å². The van der Waals surface area contributed by atoms with Crippen LogP contribution >= 0.6 is 0 Å². The lowest BCUT2D eigenvalue weighted by Gasteiger charge is -2.20. The Hall–Kier alpha value is -0.630. The molecule has 0 radical (unpaired) electrons. The monoisotopic (exact) mass is 228 g/mol. The number of ether oxygens (including phenoxy) is 2. The molecule has 0 aromatic heterocycles. The third-order valence-electron chi connectivity index (χ3n) is 2.35. The zero-order valence-corrected chi connectivity index (χ0v) is 10.6. The van der Waals surface area contributed by atoms with E-state index in [2.05, 4.69) is 17.9 Å². The van der Waals surface area contributed by atoms with Gasteiger partial charge in [-0.3, -0.25) is 4.90 Å². The van der Waals surface area contributed by atoms with Crippen LogP contribution in [0.5, 0.6) is 0 Å². The minimum absolute atomic E-state index is 0.568. The average molecular weight is 228 g/mol. The van der Waals surface area contributed by atoms with Crippen LogP contribution in [0.3, 0.4) is 0 Å². The molecule has 0 N–H and O–H groups in total. The summed E-state index contributed by atoms with van der Waals surface area (Å²) in [5.74, 6) is 0. The summed E-state index contributed by atoms with van der Waals surface area (Å²) >= 11 is 0. The molecule has 0 aliphatic rings. The molecule has 0 rings (SSSR count). The number of hydrogen-bond acceptors (Lipinski definition) is 4. The minimum Gasteiger partial charge on any atom is -0.383 e. The molecule has 0 aliphatic carbocycles. The van der Waals surface area contributed by atoms with Crippen LogP contribution in [0.2, 0.25) is 0 Å². The fraction of sp³-hybridized carbons (Fsp3) is 0.917. The van der Waals surface area contributed by atoms with E-state index in [9.17, 15) is 0 Å². The van der Waals surface area contributed by atoms with Crippen molar-refractivity contribution in [3.8, 4) is 6.07 Å². The van der Waals surface area contributed by atoms with Gasteiger partial charge in [0.05, 0.1) is 19.3 Å². The van der Waals surface area contributed by atoms with Crippen molar-refractivity contribution < 1.29 is 9.47 Å². The zero-order chi connectivity index (χ0) is 12.1. The van der Waals surface area contributed by atoms with Crippen molar-refractivity contribution in [3.05, 3.63) is 0 Å². The van der Waals surface area contributed by atoms with Crippen molar-refractivity contribution in [2.24, 2.45) is 0 Å². The maximum absolute atomic E-state index is 8.54. The standard InChI is InChI=1S/C12H24N2O2/c1-3-4-10-16-12-9-14(7-5-6-13)8-11-15-2/h3-5,7-12H2,1-2H3. The van der Waals surface area contributed by atoms with Crippen LogP contribution < -0.4 is 0 Å². The maximum atomic E-state index is 8.54. The van der Waals surface area contributed by atoms with Crippen molar-refractivity contribution >= 4 is 0 Å². The van der Waals surface area contributed by atoms with E-state index in [1.54, 1.807) is 7.11 Å². The van der Waals surface area contributed by atoms with E-state index in [4.69, 9.17) is 14.7 Å². The van der Waals surface area contributed by atoms with E-state index in [1.165, 1.54) is 6.42 Å². The van der Waals surface area contributed by atoms with Gasteiger partial charge in [0.2, 0.25) is 0 Å². The topological polar surface area (TPSA) is 45.5 Å². The smallest absolute Gasteiger partial charge is 0.0635 e. The van der Waals surface area contributed by atoms with Gasteiger partial charge in [0, 0.05) is 39.8 Å². The molecule has 0 unspecified atom stereocenters. The largest absolute Gasteiger partial charge is 0.383 e. The van der Waals surface area contributed by atoms with Gasteiger partial charge >= 0.3 is 0 Å². The molecule has 0 spiro atoms. The van der Waals surface area contributed by atoms with Crippen molar-refractivity contribution in [1.82, 2.24) is 4.90 Å². The third kappa shape index (κ3) is 9.91. The lowest BCUT2D eigenvalue weighted by Crippen LogP contribution is -2.31. The van der Waals surface area contributed by atoms with E-state index in [-0.39, 0.29) is 0 Å². The molecule has 0 bridgehead atoms. The first-order valence-corrected chi connectivity index (χ1v) is 6.01. The van der Waals surface area contributed by atoms with Gasteiger partial charge in [0.15, 0.2) is 0 Å². The molecular weight excluding hydrogens is 204 g/mol. The van der Waals surface area contributed by atoms with Crippen molar-refractivity contribution in [3.63, 3.8) is 0 Å². The van der Waals surface area contributed by atoms with E-state index in [1.807, 2.05) is 0 Å². The molecule has 4 nitrogen and oxygen atoms in total. The van der Waals surface area contributed by atoms with Gasteiger partial charge in [-0.2, -0.15) is 5.26 Å². The molecule has 16 heavy (non-hydrogen) atoms. The fourth-order valence-electron chi connectivity index (χ4n) is 1.31. The summed E-state index contributed by atoms with van der Waals surface area (Å²) in [6.07, 6.45) is 2.86. The summed E-state index contributed by atoms with van der Waals surface area (Å²) in [6, 6.07) is 2.16. The Kier molecular flexibility index (Phi) is 11.9. The predicted octanol–water partition coefficient (Wildman–Crippen LogP) is 1.67. The summed E-state index contributed by atoms with van der Waals surface area (Å²) < 4.78 is 10.5. The Bertz CT molecular complexity index is 180. The quantitative estimate of drug-likeness (QED) is 0.505. The molecule has 0 aliphatic heterocycles. The average Bonchev–Trinajstić information content (AvgIpc) is 2.31. The molecule has 0 aromatic carbocycles. The molecule has 4 heteroatoms. The number of unbranched alkanes of at least 4 members (excludes halogenated alkanes) is 1. The van der Waals surface area contributed by atoms with Crippen LogP contribution in [-0.2, 0) is 9.47 Å². The Labute approximate surface area is 99.1 Å². The highest BCUT2D eigenvalue weighted by Crippen LogP contribution is 1.93. The Morgan fingerprint density at radius 2 is 1.88 bits per heavy atom. The zero-order valence-electron chi connectivity index (χ0n) is 10.6. The van der Waals surface area contributed by atoms with Crippen LogP contribution in [-0.4, -0.2) is 51.5 Å². The molecule has 0 heterocycles. The highest BCUT2D eigenvalue weighted by atomic mass is 16.5. The molecule has 0 fully saturated rings. The molecule has 0 saturated heterocycles. The lowest BCUT2D eigenvalue weighted by atomic mass is 10.3. The number of nitriles is 1. The van der Waals surface area contributed by atoms with Crippen molar-refractivity contribution in [1.29, 1.82) is 5.26 Å². The van der Waals surface area contributed by atoms with Crippen molar-refractivity contribution in [2.75, 3.05) is 46.6 Å². The van der Waals surface area contributed by atoms with Gasteiger partial charge in [-0.1, -0.05) is 13.3 Å². The fourth-order valence-corrected chi connectivity index (χ4v) is 1.31. The summed E-state index contributed by atoms with van der Waals surface area (Å²) in [4.78, 5) is 2.21. The van der Waals surface area contributed by atoms with E-state index in [0.29, 0.717) is 13.0 Å². The summed E-state index contributed by atoms with van der Waals surface area (Å²) in [6.45, 7) is 7.00. The molecule has 0 saturated carbocycles. The highest BCUT2D eigenvalue weighted by molar-refractivity contribution is 4.72. The number of methoxy groups -OCH3 is 1. The van der Waals surface area contributed by atoms with Crippen LogP contribution in [0.4, 0.5) is 0 Å². The number of nitrogens with zero attached hydrogens (tertiary/aromatic N) is 2.